The summed E-state index contributed by atoms with van der Waals surface area (Å²) in [6.45, 7) is 8.59. The first-order valence-electron chi connectivity index (χ1n) is 9.55. The summed E-state index contributed by atoms with van der Waals surface area (Å²) in [6, 6.07) is 6.62. The van der Waals surface area contributed by atoms with Crippen molar-refractivity contribution in [3.8, 4) is 0 Å². The summed E-state index contributed by atoms with van der Waals surface area (Å²) in [4.78, 5) is 41.3. The van der Waals surface area contributed by atoms with Gasteiger partial charge >= 0.3 is 6.03 Å². The number of carbonyl (C=O) groups excluding carboxylic acids is 2. The Morgan fingerprint density at radius 1 is 1.21 bits per heavy atom. The van der Waals surface area contributed by atoms with E-state index in [2.05, 4.69) is 29.5 Å². The fourth-order valence-corrected chi connectivity index (χ4v) is 3.51. The smallest absolute Gasteiger partial charge is 0.321 e. The number of para-hydroxylation sites is 1. The Balaban J connectivity index is 2.09. The first kappa shape index (κ1) is 21.9. The van der Waals surface area contributed by atoms with E-state index in [-0.39, 0.29) is 17.4 Å². The maximum Gasteiger partial charge on any atom is 0.321 e. The third kappa shape index (κ3) is 5.82. The van der Waals surface area contributed by atoms with Gasteiger partial charge in [-0.25, -0.2) is 9.78 Å². The zero-order valence-electron chi connectivity index (χ0n) is 16.8. The zero-order chi connectivity index (χ0) is 20.7. The molecule has 1 aromatic heterocycles. The maximum atomic E-state index is 12.9. The summed E-state index contributed by atoms with van der Waals surface area (Å²) < 4.78 is 1.63. The van der Waals surface area contributed by atoms with Gasteiger partial charge in [-0.2, -0.15) is 0 Å². The molecule has 2 rings (SSSR count). The van der Waals surface area contributed by atoms with Gasteiger partial charge in [0, 0.05) is 12.6 Å². The number of hydrogen-bond acceptors (Lipinski definition) is 5. The highest BCUT2D eigenvalue weighted by Crippen LogP contribution is 2.22. The Kier molecular flexibility index (Phi) is 8.04. The quantitative estimate of drug-likeness (QED) is 0.520. The van der Waals surface area contributed by atoms with Crippen molar-refractivity contribution in [3.05, 3.63) is 34.6 Å². The van der Waals surface area contributed by atoms with Crippen LogP contribution < -0.4 is 16.2 Å². The summed E-state index contributed by atoms with van der Waals surface area (Å²) in [6.07, 6.45) is 1.61. The minimum atomic E-state index is -0.503. The van der Waals surface area contributed by atoms with Crippen molar-refractivity contribution in [2.24, 2.45) is 5.92 Å². The summed E-state index contributed by atoms with van der Waals surface area (Å²) in [5, 5.41) is 6.01. The number of benzene rings is 1. The van der Waals surface area contributed by atoms with Crippen molar-refractivity contribution in [2.45, 2.75) is 51.7 Å². The van der Waals surface area contributed by atoms with Crippen LogP contribution in [0.2, 0.25) is 0 Å². The predicted octanol–water partition coefficient (Wildman–Crippen LogP) is 3.33. The number of hydrogen-bond donors (Lipinski definition) is 2. The first-order chi connectivity index (χ1) is 13.3. The van der Waals surface area contributed by atoms with Crippen molar-refractivity contribution >= 4 is 34.6 Å². The van der Waals surface area contributed by atoms with E-state index >= 15 is 0 Å². The Bertz CT molecular complexity index is 895. The van der Waals surface area contributed by atoms with Crippen LogP contribution in [-0.2, 0) is 4.79 Å². The Morgan fingerprint density at radius 3 is 2.61 bits per heavy atom. The van der Waals surface area contributed by atoms with Gasteiger partial charge in [0.25, 0.3) is 5.56 Å². The number of carbonyl (C=O) groups is 2. The van der Waals surface area contributed by atoms with Gasteiger partial charge in [-0.15, -0.1) is 0 Å². The Labute approximate surface area is 169 Å². The van der Waals surface area contributed by atoms with Gasteiger partial charge < -0.3 is 5.32 Å². The molecule has 28 heavy (non-hydrogen) atoms. The highest BCUT2D eigenvalue weighted by Gasteiger charge is 2.17. The second kappa shape index (κ2) is 10.3. The van der Waals surface area contributed by atoms with E-state index in [1.165, 1.54) is 0 Å². The fraction of sp³-hybridized carbons (Fsp3) is 0.500. The van der Waals surface area contributed by atoms with Crippen LogP contribution in [0, 0.1) is 5.92 Å². The van der Waals surface area contributed by atoms with Crippen molar-refractivity contribution < 1.29 is 9.59 Å². The molecule has 0 aliphatic rings. The molecule has 0 fully saturated rings. The molecule has 0 saturated heterocycles. The van der Waals surface area contributed by atoms with Crippen LogP contribution >= 0.6 is 11.8 Å². The average Bonchev–Trinajstić information content (AvgIpc) is 2.65. The van der Waals surface area contributed by atoms with E-state index in [0.29, 0.717) is 28.5 Å². The van der Waals surface area contributed by atoms with E-state index in [9.17, 15) is 14.4 Å². The molecule has 0 aliphatic heterocycles. The summed E-state index contributed by atoms with van der Waals surface area (Å²) in [7, 11) is 0. The standard InChI is InChI=1S/C20H28N4O3S/c1-5-14(4)24-18(26)15-8-6-7-9-16(15)22-20(24)28-12-17(25)23-19(27)21-11-10-13(2)3/h6-9,13-14H,5,10-12H2,1-4H3,(H2,21,23,25,27)/t14-/m0/s1. The molecule has 152 valence electrons. The van der Waals surface area contributed by atoms with Crippen LogP contribution in [0.4, 0.5) is 4.79 Å². The molecule has 0 spiro atoms. The number of imide groups is 1. The molecular formula is C20H28N4O3S. The first-order valence-corrected chi connectivity index (χ1v) is 10.5. The third-order valence-corrected chi connectivity index (χ3v) is 5.35. The van der Waals surface area contributed by atoms with Gasteiger partial charge in [0.15, 0.2) is 5.16 Å². The van der Waals surface area contributed by atoms with Crippen molar-refractivity contribution in [3.63, 3.8) is 0 Å². The topological polar surface area (TPSA) is 93.1 Å². The summed E-state index contributed by atoms with van der Waals surface area (Å²) in [5.41, 5.74) is 0.482. The molecular weight excluding hydrogens is 376 g/mol. The second-order valence-electron chi connectivity index (χ2n) is 7.12. The molecule has 0 radical (unpaired) electrons. The average molecular weight is 405 g/mol. The van der Waals surface area contributed by atoms with Gasteiger partial charge in [0.05, 0.1) is 16.7 Å². The summed E-state index contributed by atoms with van der Waals surface area (Å²) in [5.74, 6) is 0.0479. The maximum absolute atomic E-state index is 12.9. The molecule has 2 aromatic rings. The van der Waals surface area contributed by atoms with E-state index in [0.717, 1.165) is 24.6 Å². The van der Waals surface area contributed by atoms with Crippen molar-refractivity contribution in [1.82, 2.24) is 20.2 Å². The largest absolute Gasteiger partial charge is 0.338 e. The molecule has 0 unspecified atom stereocenters. The lowest BCUT2D eigenvalue weighted by Crippen LogP contribution is -2.41. The van der Waals surface area contributed by atoms with Crippen molar-refractivity contribution in [2.75, 3.05) is 12.3 Å². The minimum Gasteiger partial charge on any atom is -0.338 e. The number of urea groups is 1. The van der Waals surface area contributed by atoms with Gasteiger partial charge in [-0.1, -0.05) is 44.7 Å². The SMILES string of the molecule is CC[C@H](C)n1c(SCC(=O)NC(=O)NCCC(C)C)nc2ccccc2c1=O. The van der Waals surface area contributed by atoms with Crippen LogP contribution in [-0.4, -0.2) is 33.8 Å². The normalized spacial score (nSPS) is 12.2. The number of fused-ring (bicyclic) bond motifs is 1. The highest BCUT2D eigenvalue weighted by molar-refractivity contribution is 7.99. The number of nitrogens with zero attached hydrogens (tertiary/aromatic N) is 2. The highest BCUT2D eigenvalue weighted by atomic mass is 32.2. The second-order valence-corrected chi connectivity index (χ2v) is 8.06. The van der Waals surface area contributed by atoms with Crippen molar-refractivity contribution in [1.29, 1.82) is 0 Å². The zero-order valence-corrected chi connectivity index (χ0v) is 17.6. The predicted molar refractivity (Wildman–Crippen MR) is 113 cm³/mol. The van der Waals surface area contributed by atoms with Crippen LogP contribution in [0.15, 0.2) is 34.2 Å². The molecule has 0 aliphatic carbocycles. The number of nitrogens with one attached hydrogen (secondary N) is 2. The molecule has 0 bridgehead atoms. The van der Waals surface area contributed by atoms with E-state index in [1.54, 1.807) is 16.7 Å². The number of thioether (sulfide) groups is 1. The van der Waals surface area contributed by atoms with E-state index in [4.69, 9.17) is 0 Å². The molecule has 3 amide bonds. The lowest BCUT2D eigenvalue weighted by molar-refractivity contribution is -0.117. The molecule has 8 heteroatoms. The lowest BCUT2D eigenvalue weighted by atomic mass is 10.1. The van der Waals surface area contributed by atoms with Crippen LogP contribution in [0.1, 0.15) is 46.6 Å². The van der Waals surface area contributed by atoms with Crippen LogP contribution in [0.5, 0.6) is 0 Å². The Morgan fingerprint density at radius 2 is 1.93 bits per heavy atom. The molecule has 1 atom stereocenters. The lowest BCUT2D eigenvalue weighted by Gasteiger charge is -2.18. The van der Waals surface area contributed by atoms with Gasteiger partial charge in [-0.3, -0.25) is 19.5 Å². The molecule has 0 saturated carbocycles. The monoisotopic (exact) mass is 404 g/mol. The fourth-order valence-electron chi connectivity index (χ4n) is 2.61. The summed E-state index contributed by atoms with van der Waals surface area (Å²) >= 11 is 1.16. The van der Waals surface area contributed by atoms with E-state index < -0.39 is 11.9 Å². The Hall–Kier alpha value is -2.35. The number of amides is 3. The van der Waals surface area contributed by atoms with Gasteiger partial charge in [-0.05, 0) is 37.8 Å². The minimum absolute atomic E-state index is 0.00118. The van der Waals surface area contributed by atoms with E-state index in [1.807, 2.05) is 26.0 Å². The molecule has 7 nitrogen and oxygen atoms in total. The van der Waals surface area contributed by atoms with Gasteiger partial charge in [0.1, 0.15) is 0 Å². The molecule has 1 aromatic carbocycles. The number of aromatic nitrogens is 2. The third-order valence-electron chi connectivity index (χ3n) is 4.40. The number of rotatable bonds is 8. The molecule has 1 heterocycles. The van der Waals surface area contributed by atoms with Crippen LogP contribution in [0.25, 0.3) is 10.9 Å². The van der Waals surface area contributed by atoms with Gasteiger partial charge in [0.2, 0.25) is 5.91 Å². The van der Waals surface area contributed by atoms with Crippen LogP contribution in [0.3, 0.4) is 0 Å². The molecule has 2 N–H and O–H groups in total.